The summed E-state index contributed by atoms with van der Waals surface area (Å²) in [6.07, 6.45) is 4.46. The fourth-order valence-electron chi connectivity index (χ4n) is 5.27. The van der Waals surface area contributed by atoms with Crippen molar-refractivity contribution in [3.63, 3.8) is 0 Å². The molecule has 5 nitrogen and oxygen atoms in total. The minimum atomic E-state index is -0.922. The summed E-state index contributed by atoms with van der Waals surface area (Å²) in [5.41, 5.74) is 7.99. The Morgan fingerprint density at radius 1 is 1.09 bits per heavy atom. The molecule has 176 valence electrons. The topological polar surface area (TPSA) is 61.9 Å². The highest BCUT2D eigenvalue weighted by Crippen LogP contribution is 2.37. The maximum atomic E-state index is 13.5. The molecule has 2 N–H and O–H groups in total. The molecule has 2 aliphatic heterocycles. The van der Waals surface area contributed by atoms with Gasteiger partial charge in [-0.2, -0.15) is 0 Å². The van der Waals surface area contributed by atoms with Crippen LogP contribution in [0.2, 0.25) is 0 Å². The van der Waals surface area contributed by atoms with E-state index in [1.165, 1.54) is 17.7 Å². The smallest absolute Gasteiger partial charge is 0.260 e. The first-order valence-corrected chi connectivity index (χ1v) is 12.2. The summed E-state index contributed by atoms with van der Waals surface area (Å²) in [4.78, 5) is 22.8. The van der Waals surface area contributed by atoms with Crippen molar-refractivity contribution >= 4 is 17.4 Å². The fraction of sp³-hybridized carbons (Fsp3) is 0.481. The van der Waals surface area contributed by atoms with Crippen LogP contribution in [0.3, 0.4) is 0 Å². The second-order valence-electron chi connectivity index (χ2n) is 9.20. The molecule has 2 aliphatic rings. The van der Waals surface area contributed by atoms with E-state index in [-0.39, 0.29) is 11.7 Å². The van der Waals surface area contributed by atoms with Crippen LogP contribution in [0, 0.1) is 5.82 Å². The third kappa shape index (κ3) is 4.81. The average Bonchev–Trinajstić information content (AvgIpc) is 3.12. The Labute approximate surface area is 196 Å². The van der Waals surface area contributed by atoms with Crippen molar-refractivity contribution in [1.82, 2.24) is 9.80 Å². The Bertz CT molecular complexity index is 997. The number of nitrogens with zero attached hydrogens (tertiary/aromatic N) is 3. The van der Waals surface area contributed by atoms with Crippen LogP contribution in [0.25, 0.3) is 0 Å². The number of anilines is 1. The number of carbonyl (C=O) groups is 1. The van der Waals surface area contributed by atoms with E-state index in [0.29, 0.717) is 25.3 Å². The molecule has 0 spiro atoms. The van der Waals surface area contributed by atoms with Crippen molar-refractivity contribution in [1.29, 1.82) is 0 Å². The Morgan fingerprint density at radius 2 is 1.82 bits per heavy atom. The number of amides is 1. The van der Waals surface area contributed by atoms with Gasteiger partial charge in [0.1, 0.15) is 11.7 Å². The number of nitrogens with two attached hydrogens (primary N) is 1. The number of hydrogen-bond acceptors (Lipinski definition) is 4. The van der Waals surface area contributed by atoms with Crippen molar-refractivity contribution in [2.75, 3.05) is 31.9 Å². The summed E-state index contributed by atoms with van der Waals surface area (Å²) in [5, 5.41) is 0. The zero-order valence-corrected chi connectivity index (χ0v) is 19.8. The van der Waals surface area contributed by atoms with Gasteiger partial charge in [-0.25, -0.2) is 4.39 Å². The summed E-state index contributed by atoms with van der Waals surface area (Å²) in [6.45, 7) is 7.79. The Morgan fingerprint density at radius 3 is 2.45 bits per heavy atom. The minimum Gasteiger partial charge on any atom is -0.399 e. The lowest BCUT2D eigenvalue weighted by molar-refractivity contribution is -0.131. The van der Waals surface area contributed by atoms with Crippen LogP contribution < -0.4 is 5.73 Å². The van der Waals surface area contributed by atoms with Gasteiger partial charge in [-0.05, 0) is 86.6 Å². The van der Waals surface area contributed by atoms with Gasteiger partial charge in [-0.15, -0.1) is 0 Å². The number of hydrogen-bond donors (Lipinski definition) is 1. The second kappa shape index (κ2) is 10.0. The normalized spacial score (nSPS) is 22.1. The van der Waals surface area contributed by atoms with E-state index in [0.717, 1.165) is 56.0 Å². The second-order valence-corrected chi connectivity index (χ2v) is 9.20. The van der Waals surface area contributed by atoms with E-state index in [2.05, 4.69) is 17.0 Å². The van der Waals surface area contributed by atoms with Gasteiger partial charge in [-0.3, -0.25) is 14.7 Å². The van der Waals surface area contributed by atoms with Gasteiger partial charge in [0, 0.05) is 18.7 Å². The van der Waals surface area contributed by atoms with Gasteiger partial charge in [0.2, 0.25) is 0 Å². The number of amidine groups is 1. The lowest BCUT2D eigenvalue weighted by Gasteiger charge is -2.33. The average molecular weight is 451 g/mol. The number of piperidine rings is 1. The molecule has 1 fully saturated rings. The zero-order chi connectivity index (χ0) is 23.4. The van der Waals surface area contributed by atoms with E-state index in [1.54, 1.807) is 12.1 Å². The molecule has 6 heteroatoms. The molecule has 1 unspecified atom stereocenters. The summed E-state index contributed by atoms with van der Waals surface area (Å²) < 4.78 is 13.5. The molecule has 1 atom stereocenters. The quantitative estimate of drug-likeness (QED) is 0.580. The van der Waals surface area contributed by atoms with Crippen molar-refractivity contribution in [3.8, 4) is 0 Å². The minimum absolute atomic E-state index is 0.0221. The molecular formula is C27H35FN4O. The molecule has 0 radical (unpaired) electrons. The predicted octanol–water partition coefficient (Wildman–Crippen LogP) is 4.93. The molecule has 2 aromatic carbocycles. The largest absolute Gasteiger partial charge is 0.399 e. The highest BCUT2D eigenvalue weighted by atomic mass is 19.1. The van der Waals surface area contributed by atoms with Gasteiger partial charge in [-0.1, -0.05) is 38.1 Å². The number of benzene rings is 2. The summed E-state index contributed by atoms with van der Waals surface area (Å²) in [6, 6.07) is 14.5. The van der Waals surface area contributed by atoms with E-state index in [1.807, 2.05) is 30.9 Å². The van der Waals surface area contributed by atoms with Crippen molar-refractivity contribution in [3.05, 3.63) is 65.5 Å². The maximum Gasteiger partial charge on any atom is 0.260 e. The van der Waals surface area contributed by atoms with Crippen LogP contribution in [0.4, 0.5) is 10.1 Å². The van der Waals surface area contributed by atoms with Gasteiger partial charge < -0.3 is 10.6 Å². The molecule has 2 heterocycles. The van der Waals surface area contributed by atoms with Crippen LogP contribution in [0.1, 0.15) is 63.0 Å². The zero-order valence-electron chi connectivity index (χ0n) is 19.8. The third-order valence-corrected chi connectivity index (χ3v) is 7.21. The first-order valence-electron chi connectivity index (χ1n) is 12.2. The predicted molar refractivity (Wildman–Crippen MR) is 132 cm³/mol. The van der Waals surface area contributed by atoms with Crippen molar-refractivity contribution in [2.24, 2.45) is 4.99 Å². The van der Waals surface area contributed by atoms with Crippen LogP contribution in [-0.4, -0.2) is 47.7 Å². The number of rotatable bonds is 8. The Hall–Kier alpha value is -2.73. The van der Waals surface area contributed by atoms with Crippen LogP contribution in [0.5, 0.6) is 0 Å². The SMILES string of the molecule is CCC1=NC(CC)(c2ccc(F)cc2)C(=O)N1CCCN1CCC(c2cccc(N)c2)CC1. The molecule has 0 saturated carbocycles. The van der Waals surface area contributed by atoms with E-state index >= 15 is 0 Å². The van der Waals surface area contributed by atoms with Crippen molar-refractivity contribution in [2.45, 2.75) is 57.4 Å². The number of aliphatic imine (C=N–C) groups is 1. The molecule has 0 aliphatic carbocycles. The molecule has 0 bridgehead atoms. The highest BCUT2D eigenvalue weighted by Gasteiger charge is 2.47. The van der Waals surface area contributed by atoms with Crippen LogP contribution in [0.15, 0.2) is 53.5 Å². The first kappa shape index (κ1) is 23.4. The number of carbonyl (C=O) groups excluding carboxylic acids is 1. The lowest BCUT2D eigenvalue weighted by atomic mass is 9.87. The van der Waals surface area contributed by atoms with Crippen LogP contribution in [-0.2, 0) is 10.3 Å². The van der Waals surface area contributed by atoms with Crippen molar-refractivity contribution < 1.29 is 9.18 Å². The Balaban J connectivity index is 1.33. The number of nitrogen functional groups attached to an aromatic ring is 1. The number of halogens is 1. The Kier molecular flexibility index (Phi) is 7.13. The molecule has 0 aromatic heterocycles. The van der Waals surface area contributed by atoms with Gasteiger partial charge in [0.05, 0.1) is 0 Å². The van der Waals surface area contributed by atoms with E-state index in [9.17, 15) is 9.18 Å². The van der Waals surface area contributed by atoms with E-state index in [4.69, 9.17) is 10.7 Å². The molecule has 33 heavy (non-hydrogen) atoms. The van der Waals surface area contributed by atoms with Crippen LogP contribution >= 0.6 is 0 Å². The summed E-state index contributed by atoms with van der Waals surface area (Å²) in [5.74, 6) is 1.14. The number of likely N-dealkylation sites (tertiary alicyclic amines) is 1. The molecular weight excluding hydrogens is 415 g/mol. The third-order valence-electron chi connectivity index (χ3n) is 7.21. The first-order chi connectivity index (χ1) is 16.0. The van der Waals surface area contributed by atoms with Gasteiger partial charge in [0.25, 0.3) is 5.91 Å². The summed E-state index contributed by atoms with van der Waals surface area (Å²) in [7, 11) is 0. The molecule has 1 amide bonds. The van der Waals surface area contributed by atoms with Gasteiger partial charge in [0.15, 0.2) is 5.54 Å². The molecule has 1 saturated heterocycles. The maximum absolute atomic E-state index is 13.5. The monoisotopic (exact) mass is 450 g/mol. The van der Waals surface area contributed by atoms with E-state index < -0.39 is 5.54 Å². The highest BCUT2D eigenvalue weighted by molar-refractivity contribution is 6.08. The fourth-order valence-corrected chi connectivity index (χ4v) is 5.27. The molecule has 4 rings (SSSR count). The lowest BCUT2D eigenvalue weighted by Crippen LogP contribution is -2.42. The van der Waals surface area contributed by atoms with Gasteiger partial charge >= 0.3 is 0 Å². The summed E-state index contributed by atoms with van der Waals surface area (Å²) >= 11 is 0. The standard InChI is InChI=1S/C27H35FN4O/c1-3-25-30-27(4-2,22-9-11-23(28)12-10-22)26(33)32(25)16-6-15-31-17-13-20(14-18-31)21-7-5-8-24(29)19-21/h5,7-12,19-20H,3-4,6,13-18,29H2,1-2H3. The molecule has 2 aromatic rings.